The van der Waals surface area contributed by atoms with Crippen molar-refractivity contribution in [2.24, 2.45) is 0 Å². The summed E-state index contributed by atoms with van der Waals surface area (Å²) < 4.78 is 25.1. The Morgan fingerprint density at radius 2 is 1.84 bits per heavy atom. The van der Waals surface area contributed by atoms with Crippen LogP contribution in [0.25, 0.3) is 22.8 Å². The summed E-state index contributed by atoms with van der Waals surface area (Å²) in [6.45, 7) is 2.50. The molecule has 0 saturated carbocycles. The van der Waals surface area contributed by atoms with Crippen LogP contribution < -0.4 is 5.32 Å². The zero-order valence-corrected chi connectivity index (χ0v) is 17.2. The molecule has 0 fully saturated rings. The summed E-state index contributed by atoms with van der Waals surface area (Å²) in [5.41, 5.74) is 3.30. The Morgan fingerprint density at radius 3 is 2.65 bits per heavy atom. The van der Waals surface area contributed by atoms with Gasteiger partial charge in [-0.05, 0) is 43.3 Å². The smallest absolute Gasteiger partial charge is 0.226 e. The van der Waals surface area contributed by atoms with E-state index in [2.05, 4.69) is 10.3 Å². The van der Waals surface area contributed by atoms with Crippen molar-refractivity contribution in [2.75, 3.05) is 6.54 Å². The highest BCUT2D eigenvalue weighted by Gasteiger charge is 2.11. The van der Waals surface area contributed by atoms with Crippen LogP contribution in [-0.2, 0) is 17.6 Å². The second-order valence-corrected chi connectivity index (χ2v) is 7.36. The maximum atomic E-state index is 13.9. The maximum absolute atomic E-state index is 13.9. The third-order valence-electron chi connectivity index (χ3n) is 4.95. The number of furan rings is 1. The lowest BCUT2D eigenvalue weighted by Gasteiger charge is -2.03. The van der Waals surface area contributed by atoms with Gasteiger partial charge in [0.2, 0.25) is 11.8 Å². The Bertz CT molecular complexity index is 1160. The van der Waals surface area contributed by atoms with Crippen molar-refractivity contribution in [3.05, 3.63) is 89.8 Å². The van der Waals surface area contributed by atoms with Crippen molar-refractivity contribution in [3.8, 4) is 22.8 Å². The molecule has 0 bridgehead atoms. The minimum absolute atomic E-state index is 0.0777. The van der Waals surface area contributed by atoms with Gasteiger partial charge in [-0.25, -0.2) is 9.37 Å². The van der Waals surface area contributed by atoms with Gasteiger partial charge in [-0.15, -0.1) is 0 Å². The molecule has 0 saturated heterocycles. The monoisotopic (exact) mass is 418 g/mol. The number of carbonyl (C=O) groups excluding carboxylic acids is 1. The van der Waals surface area contributed by atoms with Gasteiger partial charge in [0.15, 0.2) is 0 Å². The molecule has 2 aromatic heterocycles. The normalized spacial score (nSPS) is 10.9. The number of hydrogen-bond donors (Lipinski definition) is 1. The lowest BCUT2D eigenvalue weighted by molar-refractivity contribution is -0.121. The Balaban J connectivity index is 1.22. The topological polar surface area (TPSA) is 68.3 Å². The van der Waals surface area contributed by atoms with Gasteiger partial charge in [-0.3, -0.25) is 4.79 Å². The Morgan fingerprint density at radius 1 is 1.03 bits per heavy atom. The van der Waals surface area contributed by atoms with Crippen LogP contribution >= 0.6 is 0 Å². The number of amides is 1. The van der Waals surface area contributed by atoms with E-state index in [0.717, 1.165) is 11.3 Å². The van der Waals surface area contributed by atoms with E-state index >= 15 is 0 Å². The van der Waals surface area contributed by atoms with E-state index in [0.29, 0.717) is 42.4 Å². The van der Waals surface area contributed by atoms with Gasteiger partial charge in [-0.1, -0.05) is 29.8 Å². The van der Waals surface area contributed by atoms with Crippen molar-refractivity contribution < 1.29 is 18.0 Å². The first-order valence-electron chi connectivity index (χ1n) is 10.2. The Kier molecular flexibility index (Phi) is 6.26. The molecule has 4 rings (SSSR count). The van der Waals surface area contributed by atoms with E-state index in [-0.39, 0.29) is 18.1 Å². The number of nitrogens with one attached hydrogen (secondary N) is 1. The summed E-state index contributed by atoms with van der Waals surface area (Å²) in [5, 5.41) is 2.88. The van der Waals surface area contributed by atoms with Gasteiger partial charge in [0.25, 0.3) is 0 Å². The molecule has 2 aromatic carbocycles. The summed E-state index contributed by atoms with van der Waals surface area (Å²) in [7, 11) is 0. The molecule has 0 aliphatic carbocycles. The number of aryl methyl sites for hydroxylation is 2. The zero-order chi connectivity index (χ0) is 21.6. The van der Waals surface area contributed by atoms with Gasteiger partial charge in [0, 0.05) is 31.4 Å². The van der Waals surface area contributed by atoms with E-state index in [4.69, 9.17) is 8.83 Å². The molecule has 158 valence electrons. The van der Waals surface area contributed by atoms with E-state index in [1.54, 1.807) is 36.6 Å². The summed E-state index contributed by atoms with van der Waals surface area (Å²) in [4.78, 5) is 16.6. The molecule has 31 heavy (non-hydrogen) atoms. The van der Waals surface area contributed by atoms with Crippen LogP contribution in [-0.4, -0.2) is 17.4 Å². The van der Waals surface area contributed by atoms with Crippen molar-refractivity contribution in [3.63, 3.8) is 0 Å². The fourth-order valence-electron chi connectivity index (χ4n) is 3.22. The van der Waals surface area contributed by atoms with Gasteiger partial charge < -0.3 is 14.2 Å². The SMILES string of the molecule is Cc1ccc(-c2nc(CCNC(=O)CCc3ccc(-c4ccccc4F)o3)co2)cc1. The summed E-state index contributed by atoms with van der Waals surface area (Å²) in [5.74, 6) is 1.27. The van der Waals surface area contributed by atoms with Gasteiger partial charge in [-0.2, -0.15) is 0 Å². The van der Waals surface area contributed by atoms with E-state index in [9.17, 15) is 9.18 Å². The fraction of sp³-hybridized carbons (Fsp3) is 0.200. The lowest BCUT2D eigenvalue weighted by atomic mass is 10.1. The first kappa shape index (κ1) is 20.6. The van der Waals surface area contributed by atoms with Crippen LogP contribution in [0.2, 0.25) is 0 Å². The summed E-state index contributed by atoms with van der Waals surface area (Å²) >= 11 is 0. The highest BCUT2D eigenvalue weighted by molar-refractivity contribution is 5.76. The molecule has 6 heteroatoms. The minimum Gasteiger partial charge on any atom is -0.461 e. The summed E-state index contributed by atoms with van der Waals surface area (Å²) in [6.07, 6.45) is 2.94. The number of nitrogens with zero attached hydrogens (tertiary/aromatic N) is 1. The standard InChI is InChI=1S/C25H23FN2O3/c1-17-6-8-18(9-7-17)25-28-19(16-30-25)14-15-27-24(29)13-11-20-10-12-23(31-20)21-4-2-3-5-22(21)26/h2-10,12,16H,11,13-15H2,1H3,(H,27,29). The molecular weight excluding hydrogens is 395 g/mol. The van der Waals surface area contributed by atoms with Crippen molar-refractivity contribution in [1.82, 2.24) is 10.3 Å². The number of aromatic nitrogens is 1. The molecule has 1 amide bonds. The van der Waals surface area contributed by atoms with Crippen molar-refractivity contribution in [2.45, 2.75) is 26.2 Å². The second kappa shape index (κ2) is 9.43. The quantitative estimate of drug-likeness (QED) is 0.419. The van der Waals surface area contributed by atoms with E-state index < -0.39 is 0 Å². The minimum atomic E-state index is -0.334. The molecular formula is C25H23FN2O3. The molecule has 4 aromatic rings. The highest BCUT2D eigenvalue weighted by Crippen LogP contribution is 2.25. The number of halogens is 1. The van der Waals surface area contributed by atoms with Crippen molar-refractivity contribution in [1.29, 1.82) is 0 Å². The van der Waals surface area contributed by atoms with E-state index in [1.165, 1.54) is 11.6 Å². The van der Waals surface area contributed by atoms with Crippen LogP contribution in [0.4, 0.5) is 4.39 Å². The molecule has 1 N–H and O–H groups in total. The molecule has 0 aliphatic heterocycles. The van der Waals surface area contributed by atoms with Crippen LogP contribution in [0, 0.1) is 12.7 Å². The molecule has 0 spiro atoms. The average molecular weight is 418 g/mol. The predicted octanol–water partition coefficient (Wildman–Crippen LogP) is 5.34. The lowest BCUT2D eigenvalue weighted by Crippen LogP contribution is -2.25. The van der Waals surface area contributed by atoms with Crippen molar-refractivity contribution >= 4 is 5.91 Å². The Hall–Kier alpha value is -3.67. The third-order valence-corrected chi connectivity index (χ3v) is 4.95. The largest absolute Gasteiger partial charge is 0.461 e. The summed E-state index contributed by atoms with van der Waals surface area (Å²) in [6, 6.07) is 17.9. The van der Waals surface area contributed by atoms with Crippen LogP contribution in [0.5, 0.6) is 0 Å². The van der Waals surface area contributed by atoms with Crippen LogP contribution in [0.15, 0.2) is 75.8 Å². The number of benzene rings is 2. The number of hydrogen-bond acceptors (Lipinski definition) is 4. The molecule has 0 unspecified atom stereocenters. The van der Waals surface area contributed by atoms with Gasteiger partial charge in [0.1, 0.15) is 23.6 Å². The first-order chi connectivity index (χ1) is 15.1. The highest BCUT2D eigenvalue weighted by atomic mass is 19.1. The molecule has 0 atom stereocenters. The predicted molar refractivity (Wildman–Crippen MR) is 116 cm³/mol. The second-order valence-electron chi connectivity index (χ2n) is 7.36. The molecule has 0 aliphatic rings. The molecule has 0 radical (unpaired) electrons. The van der Waals surface area contributed by atoms with Crippen LogP contribution in [0.3, 0.4) is 0 Å². The molecule has 5 nitrogen and oxygen atoms in total. The van der Waals surface area contributed by atoms with Crippen LogP contribution in [0.1, 0.15) is 23.4 Å². The van der Waals surface area contributed by atoms with E-state index in [1.807, 2.05) is 31.2 Å². The maximum Gasteiger partial charge on any atom is 0.226 e. The number of carbonyl (C=O) groups is 1. The Labute approximate surface area is 179 Å². The third kappa shape index (κ3) is 5.28. The average Bonchev–Trinajstić information content (AvgIpc) is 3.43. The van der Waals surface area contributed by atoms with Gasteiger partial charge >= 0.3 is 0 Å². The van der Waals surface area contributed by atoms with Gasteiger partial charge in [0.05, 0.1) is 11.3 Å². The molecule has 2 heterocycles. The zero-order valence-electron chi connectivity index (χ0n) is 17.2. The number of oxazole rings is 1. The fourth-order valence-corrected chi connectivity index (χ4v) is 3.22. The number of rotatable bonds is 8. The first-order valence-corrected chi connectivity index (χ1v) is 10.2.